The zero-order chi connectivity index (χ0) is 14.3. The van der Waals surface area contributed by atoms with Gasteiger partial charge in [-0.3, -0.25) is 4.79 Å². The van der Waals surface area contributed by atoms with Crippen LogP contribution in [0, 0.1) is 5.92 Å². The minimum atomic E-state index is -3.44. The Balaban J connectivity index is 2.42. The molecule has 0 aliphatic carbocycles. The zero-order valence-electron chi connectivity index (χ0n) is 11.3. The van der Waals surface area contributed by atoms with Gasteiger partial charge in [0, 0.05) is 19.6 Å². The van der Waals surface area contributed by atoms with Crippen molar-refractivity contribution in [1.29, 1.82) is 0 Å². The molecule has 0 spiro atoms. The fourth-order valence-electron chi connectivity index (χ4n) is 1.99. The molecule has 1 aliphatic rings. The molecular weight excluding hydrogens is 270 g/mol. The van der Waals surface area contributed by atoms with Crippen LogP contribution in [0.25, 0.3) is 0 Å². The van der Waals surface area contributed by atoms with Crippen LogP contribution in [0.2, 0.25) is 0 Å². The molecule has 1 saturated heterocycles. The van der Waals surface area contributed by atoms with Gasteiger partial charge in [-0.1, -0.05) is 0 Å². The van der Waals surface area contributed by atoms with Crippen LogP contribution in [-0.2, 0) is 19.7 Å². The Hall–Kier alpha value is -0.700. The Morgan fingerprint density at radius 1 is 1.42 bits per heavy atom. The van der Waals surface area contributed by atoms with Gasteiger partial charge in [0.25, 0.3) is 10.2 Å². The Labute approximate surface area is 114 Å². The number of nitrogens with zero attached hydrogens (tertiary/aromatic N) is 1. The zero-order valence-corrected chi connectivity index (χ0v) is 12.1. The summed E-state index contributed by atoms with van der Waals surface area (Å²) in [5, 5.41) is 0. The number of ether oxygens (including phenoxy) is 1. The summed E-state index contributed by atoms with van der Waals surface area (Å²) in [6.45, 7) is 3.61. The third-order valence-corrected chi connectivity index (χ3v) is 4.69. The van der Waals surface area contributed by atoms with Crippen LogP contribution in [0.15, 0.2) is 0 Å². The number of carbonyl (C=O) groups excluding carboxylic acids is 1. The first-order chi connectivity index (χ1) is 9.01. The quantitative estimate of drug-likeness (QED) is 0.484. The monoisotopic (exact) mass is 293 g/mol. The lowest BCUT2D eigenvalue weighted by molar-refractivity contribution is -0.149. The summed E-state index contributed by atoms with van der Waals surface area (Å²) in [6.07, 6.45) is 1.63. The van der Waals surface area contributed by atoms with E-state index in [9.17, 15) is 13.2 Å². The van der Waals surface area contributed by atoms with Crippen molar-refractivity contribution in [3.63, 3.8) is 0 Å². The van der Waals surface area contributed by atoms with Crippen molar-refractivity contribution in [2.45, 2.75) is 26.2 Å². The molecular formula is C11H23N3O4S. The molecule has 0 aromatic rings. The van der Waals surface area contributed by atoms with Gasteiger partial charge < -0.3 is 10.5 Å². The summed E-state index contributed by atoms with van der Waals surface area (Å²) in [6, 6.07) is 0. The van der Waals surface area contributed by atoms with Crippen LogP contribution >= 0.6 is 0 Å². The van der Waals surface area contributed by atoms with Gasteiger partial charge >= 0.3 is 5.97 Å². The Bertz CT molecular complexity index is 377. The van der Waals surface area contributed by atoms with E-state index in [0.29, 0.717) is 52.0 Å². The molecule has 1 heterocycles. The molecule has 0 bridgehead atoms. The van der Waals surface area contributed by atoms with Gasteiger partial charge in [0.1, 0.15) is 0 Å². The van der Waals surface area contributed by atoms with E-state index in [1.165, 1.54) is 4.31 Å². The van der Waals surface area contributed by atoms with E-state index in [1.54, 1.807) is 6.92 Å². The summed E-state index contributed by atoms with van der Waals surface area (Å²) in [7, 11) is -3.44. The van der Waals surface area contributed by atoms with Crippen LogP contribution in [0.4, 0.5) is 0 Å². The predicted molar refractivity (Wildman–Crippen MR) is 71.5 cm³/mol. The number of hydrogen-bond acceptors (Lipinski definition) is 5. The highest BCUT2D eigenvalue weighted by Gasteiger charge is 2.31. The van der Waals surface area contributed by atoms with Gasteiger partial charge in [0.15, 0.2) is 0 Å². The van der Waals surface area contributed by atoms with Crippen molar-refractivity contribution in [3.05, 3.63) is 0 Å². The molecule has 0 aromatic heterocycles. The first-order valence-electron chi connectivity index (χ1n) is 6.62. The highest BCUT2D eigenvalue weighted by atomic mass is 32.2. The molecule has 0 atom stereocenters. The van der Waals surface area contributed by atoms with Gasteiger partial charge in [-0.05, 0) is 32.7 Å². The summed E-state index contributed by atoms with van der Waals surface area (Å²) in [5.74, 6) is -0.411. The van der Waals surface area contributed by atoms with Crippen LogP contribution in [0.3, 0.4) is 0 Å². The molecule has 3 N–H and O–H groups in total. The van der Waals surface area contributed by atoms with E-state index in [4.69, 9.17) is 10.5 Å². The highest BCUT2D eigenvalue weighted by Crippen LogP contribution is 2.20. The topological polar surface area (TPSA) is 102 Å². The first-order valence-corrected chi connectivity index (χ1v) is 8.06. The molecule has 1 rings (SSSR count). The molecule has 8 heteroatoms. The molecule has 0 amide bonds. The lowest BCUT2D eigenvalue weighted by Gasteiger charge is -2.30. The number of esters is 1. The van der Waals surface area contributed by atoms with E-state index in [2.05, 4.69) is 4.72 Å². The molecule has 0 saturated carbocycles. The number of nitrogens with two attached hydrogens (primary N) is 1. The van der Waals surface area contributed by atoms with E-state index in [-0.39, 0.29) is 11.9 Å². The second kappa shape index (κ2) is 7.78. The number of rotatable bonds is 7. The summed E-state index contributed by atoms with van der Waals surface area (Å²) in [5.41, 5.74) is 5.32. The van der Waals surface area contributed by atoms with Crippen molar-refractivity contribution in [2.24, 2.45) is 11.7 Å². The molecule has 0 unspecified atom stereocenters. The standard InChI is InChI=1S/C11H23N3O4S/c1-2-18-11(15)10-4-8-14(9-5-10)19(16,17)13-7-3-6-12/h10,13H,2-9,12H2,1H3. The Kier molecular flexibility index (Phi) is 6.70. The minimum absolute atomic E-state index is 0.185. The van der Waals surface area contributed by atoms with Crippen LogP contribution in [0.5, 0.6) is 0 Å². The minimum Gasteiger partial charge on any atom is -0.466 e. The second-order valence-electron chi connectivity index (χ2n) is 4.47. The average Bonchev–Trinajstić information content (AvgIpc) is 2.39. The first kappa shape index (κ1) is 16.4. The normalized spacial score (nSPS) is 18.4. The number of carbonyl (C=O) groups is 1. The van der Waals surface area contributed by atoms with E-state index in [0.717, 1.165) is 0 Å². The van der Waals surface area contributed by atoms with Gasteiger partial charge in [0.05, 0.1) is 12.5 Å². The average molecular weight is 293 g/mol. The third-order valence-electron chi connectivity index (χ3n) is 3.08. The Morgan fingerprint density at radius 2 is 2.05 bits per heavy atom. The fourth-order valence-corrected chi connectivity index (χ4v) is 3.26. The predicted octanol–water partition coefficient (Wildman–Crippen LogP) is -0.555. The molecule has 1 fully saturated rings. The van der Waals surface area contributed by atoms with E-state index >= 15 is 0 Å². The number of piperidine rings is 1. The summed E-state index contributed by atoms with van der Waals surface area (Å²) >= 11 is 0. The number of hydrogen-bond donors (Lipinski definition) is 2. The molecule has 19 heavy (non-hydrogen) atoms. The van der Waals surface area contributed by atoms with Crippen molar-refractivity contribution in [2.75, 3.05) is 32.8 Å². The van der Waals surface area contributed by atoms with Crippen LogP contribution < -0.4 is 10.5 Å². The van der Waals surface area contributed by atoms with Gasteiger partial charge in [-0.2, -0.15) is 12.7 Å². The molecule has 1 aliphatic heterocycles. The number of nitrogens with one attached hydrogen (secondary N) is 1. The van der Waals surface area contributed by atoms with Crippen molar-refractivity contribution >= 4 is 16.2 Å². The highest BCUT2D eigenvalue weighted by molar-refractivity contribution is 7.87. The maximum absolute atomic E-state index is 11.9. The van der Waals surface area contributed by atoms with Gasteiger partial charge in [-0.25, -0.2) is 4.72 Å². The van der Waals surface area contributed by atoms with E-state index in [1.807, 2.05) is 0 Å². The fraction of sp³-hybridized carbons (Fsp3) is 0.909. The lowest BCUT2D eigenvalue weighted by atomic mass is 9.98. The SMILES string of the molecule is CCOC(=O)C1CCN(S(=O)(=O)NCCCN)CC1. The summed E-state index contributed by atoms with van der Waals surface area (Å²) < 4.78 is 32.7. The van der Waals surface area contributed by atoms with Crippen molar-refractivity contribution in [1.82, 2.24) is 9.03 Å². The third kappa shape index (κ3) is 5.06. The molecule has 7 nitrogen and oxygen atoms in total. The largest absolute Gasteiger partial charge is 0.466 e. The summed E-state index contributed by atoms with van der Waals surface area (Å²) in [4.78, 5) is 11.5. The van der Waals surface area contributed by atoms with Crippen molar-refractivity contribution in [3.8, 4) is 0 Å². The maximum atomic E-state index is 11.9. The molecule has 0 aromatic carbocycles. The maximum Gasteiger partial charge on any atom is 0.309 e. The van der Waals surface area contributed by atoms with Crippen LogP contribution in [0.1, 0.15) is 26.2 Å². The lowest BCUT2D eigenvalue weighted by Crippen LogP contribution is -2.46. The van der Waals surface area contributed by atoms with Crippen molar-refractivity contribution < 1.29 is 17.9 Å². The smallest absolute Gasteiger partial charge is 0.309 e. The van der Waals surface area contributed by atoms with Crippen LogP contribution in [-0.4, -0.2) is 51.5 Å². The second-order valence-corrected chi connectivity index (χ2v) is 6.22. The Morgan fingerprint density at radius 3 is 2.58 bits per heavy atom. The van der Waals surface area contributed by atoms with Gasteiger partial charge in [-0.15, -0.1) is 0 Å². The van der Waals surface area contributed by atoms with Gasteiger partial charge in [0.2, 0.25) is 0 Å². The molecule has 112 valence electrons. The van der Waals surface area contributed by atoms with E-state index < -0.39 is 10.2 Å². The molecule has 0 radical (unpaired) electrons.